The van der Waals surface area contributed by atoms with Crippen LogP contribution in [0.1, 0.15) is 23.9 Å². The second-order valence-corrected chi connectivity index (χ2v) is 8.31. The van der Waals surface area contributed by atoms with E-state index < -0.39 is 11.8 Å². The predicted octanol–water partition coefficient (Wildman–Crippen LogP) is 5.31. The fraction of sp³-hybridized carbons (Fsp3) is 0.160. The number of anilines is 1. The summed E-state index contributed by atoms with van der Waals surface area (Å²) in [5.41, 5.74) is 4.42. The van der Waals surface area contributed by atoms with E-state index in [1.165, 1.54) is 9.80 Å². The van der Waals surface area contributed by atoms with Crippen molar-refractivity contribution in [2.24, 2.45) is 0 Å². The number of likely N-dealkylation sites (N-methyl/N-ethyl adjacent to an activating group) is 1. The highest BCUT2D eigenvalue weighted by Crippen LogP contribution is 2.29. The van der Waals surface area contributed by atoms with E-state index in [4.69, 9.17) is 23.8 Å². The molecule has 1 saturated heterocycles. The lowest BCUT2D eigenvalue weighted by Gasteiger charge is -2.36. The molecule has 0 aliphatic carbocycles. The van der Waals surface area contributed by atoms with Crippen LogP contribution in [0.3, 0.4) is 0 Å². The van der Waals surface area contributed by atoms with Crippen LogP contribution in [0.4, 0.5) is 5.69 Å². The first-order chi connectivity index (χ1) is 15.3. The summed E-state index contributed by atoms with van der Waals surface area (Å²) >= 11 is 11.5. The first-order valence-corrected chi connectivity index (χ1v) is 11.0. The summed E-state index contributed by atoms with van der Waals surface area (Å²) in [4.78, 5) is 29.5. The van der Waals surface area contributed by atoms with Crippen LogP contribution >= 0.6 is 23.8 Å². The van der Waals surface area contributed by atoms with Crippen molar-refractivity contribution in [2.45, 2.75) is 20.8 Å². The highest BCUT2D eigenvalue weighted by molar-refractivity contribution is 7.80. The van der Waals surface area contributed by atoms with E-state index in [2.05, 4.69) is 4.57 Å². The molecule has 3 aromatic rings. The van der Waals surface area contributed by atoms with Crippen molar-refractivity contribution in [2.75, 3.05) is 11.4 Å². The standard InChI is InChI=1S/C25H22ClN3O2S/c1-4-27-23(30)22(24(31)29(25(27)32)21-12-10-19(26)11-13-21)15-18-14-16(2)28(17(18)3)20-8-6-5-7-9-20/h5-15H,4H2,1-3H3/b22-15-. The number of hydrogen-bond donors (Lipinski definition) is 0. The lowest BCUT2D eigenvalue weighted by atomic mass is 10.1. The molecule has 1 aliphatic heterocycles. The van der Waals surface area contributed by atoms with Gasteiger partial charge in [0.25, 0.3) is 11.8 Å². The van der Waals surface area contributed by atoms with E-state index in [1.54, 1.807) is 30.3 Å². The van der Waals surface area contributed by atoms with Gasteiger partial charge in [0.05, 0.1) is 5.69 Å². The van der Waals surface area contributed by atoms with Crippen molar-refractivity contribution in [3.8, 4) is 5.69 Å². The Balaban J connectivity index is 1.81. The van der Waals surface area contributed by atoms with Crippen LogP contribution in [0.15, 0.2) is 66.2 Å². The smallest absolute Gasteiger partial charge is 0.270 e. The Kier molecular flexibility index (Phi) is 6.00. The summed E-state index contributed by atoms with van der Waals surface area (Å²) < 4.78 is 2.10. The molecule has 4 rings (SSSR count). The number of rotatable bonds is 4. The maximum absolute atomic E-state index is 13.5. The number of amides is 2. The zero-order valence-corrected chi connectivity index (χ0v) is 19.6. The van der Waals surface area contributed by atoms with Crippen LogP contribution in [-0.4, -0.2) is 32.9 Å². The number of carbonyl (C=O) groups is 2. The summed E-state index contributed by atoms with van der Waals surface area (Å²) in [6.45, 7) is 6.16. The van der Waals surface area contributed by atoms with E-state index in [1.807, 2.05) is 57.2 Å². The fourth-order valence-electron chi connectivity index (χ4n) is 3.94. The first-order valence-electron chi connectivity index (χ1n) is 10.3. The molecule has 0 bridgehead atoms. The lowest BCUT2D eigenvalue weighted by molar-refractivity contribution is -0.127. The van der Waals surface area contributed by atoms with Crippen molar-refractivity contribution in [3.63, 3.8) is 0 Å². The molecule has 0 unspecified atom stereocenters. The molecule has 2 heterocycles. The summed E-state index contributed by atoms with van der Waals surface area (Å²) in [5.74, 6) is -0.839. The summed E-state index contributed by atoms with van der Waals surface area (Å²) in [7, 11) is 0. The zero-order valence-electron chi connectivity index (χ0n) is 18.0. The SMILES string of the molecule is CCN1C(=O)/C(=C/c2cc(C)n(-c3ccccc3)c2C)C(=O)N(c2ccc(Cl)cc2)C1=S. The number of nitrogens with zero attached hydrogens (tertiary/aromatic N) is 3. The first kappa shape index (κ1) is 22.0. The normalized spacial score (nSPS) is 15.8. The Labute approximate surface area is 197 Å². The van der Waals surface area contributed by atoms with Crippen LogP contribution < -0.4 is 4.90 Å². The maximum atomic E-state index is 13.5. The fourth-order valence-corrected chi connectivity index (χ4v) is 4.46. The minimum absolute atomic E-state index is 0.0729. The lowest BCUT2D eigenvalue weighted by Crippen LogP contribution is -2.56. The van der Waals surface area contributed by atoms with Gasteiger partial charge in [0.15, 0.2) is 5.11 Å². The highest BCUT2D eigenvalue weighted by Gasteiger charge is 2.39. The van der Waals surface area contributed by atoms with Crippen LogP contribution in [0, 0.1) is 13.8 Å². The van der Waals surface area contributed by atoms with Gasteiger partial charge in [-0.2, -0.15) is 0 Å². The van der Waals surface area contributed by atoms with Crippen LogP contribution in [0.2, 0.25) is 5.02 Å². The van der Waals surface area contributed by atoms with Crippen molar-refractivity contribution < 1.29 is 9.59 Å². The molecule has 162 valence electrons. The van der Waals surface area contributed by atoms with Crippen LogP contribution in [0.25, 0.3) is 11.8 Å². The Bertz CT molecular complexity index is 1250. The molecule has 0 radical (unpaired) electrons. The number of hydrogen-bond acceptors (Lipinski definition) is 3. The van der Waals surface area contributed by atoms with E-state index in [-0.39, 0.29) is 10.7 Å². The molecular formula is C25H22ClN3O2S. The number of aromatic nitrogens is 1. The Morgan fingerprint density at radius 1 is 0.938 bits per heavy atom. The van der Waals surface area contributed by atoms with E-state index in [9.17, 15) is 9.59 Å². The topological polar surface area (TPSA) is 45.6 Å². The Hall–Kier alpha value is -3.22. The zero-order chi connectivity index (χ0) is 23.0. The minimum Gasteiger partial charge on any atom is -0.318 e. The molecule has 5 nitrogen and oxygen atoms in total. The van der Waals surface area contributed by atoms with Crippen molar-refractivity contribution in [1.29, 1.82) is 0 Å². The van der Waals surface area contributed by atoms with Gasteiger partial charge in [-0.15, -0.1) is 0 Å². The number of benzene rings is 2. The molecule has 0 N–H and O–H groups in total. The minimum atomic E-state index is -0.448. The molecule has 1 aromatic heterocycles. The quantitative estimate of drug-likeness (QED) is 0.299. The van der Waals surface area contributed by atoms with Gasteiger partial charge < -0.3 is 4.57 Å². The monoisotopic (exact) mass is 463 g/mol. The molecule has 1 aliphatic rings. The summed E-state index contributed by atoms with van der Waals surface area (Å²) in [6.07, 6.45) is 1.67. The van der Waals surface area contributed by atoms with E-state index in [0.29, 0.717) is 17.3 Å². The van der Waals surface area contributed by atoms with E-state index in [0.717, 1.165) is 22.6 Å². The van der Waals surface area contributed by atoms with Gasteiger partial charge in [0.1, 0.15) is 5.57 Å². The third-order valence-electron chi connectivity index (χ3n) is 5.52. The number of halogens is 1. The van der Waals surface area contributed by atoms with Crippen molar-refractivity contribution >= 4 is 52.5 Å². The highest BCUT2D eigenvalue weighted by atomic mass is 35.5. The van der Waals surface area contributed by atoms with Crippen molar-refractivity contribution in [3.05, 3.63) is 88.2 Å². The molecule has 2 aromatic carbocycles. The van der Waals surface area contributed by atoms with Gasteiger partial charge in [0, 0.05) is 28.6 Å². The molecule has 0 atom stereocenters. The second kappa shape index (κ2) is 8.73. The van der Waals surface area contributed by atoms with Crippen molar-refractivity contribution in [1.82, 2.24) is 9.47 Å². The molecule has 0 spiro atoms. The molecular weight excluding hydrogens is 442 g/mol. The molecule has 1 fully saturated rings. The second-order valence-electron chi connectivity index (χ2n) is 7.50. The van der Waals surface area contributed by atoms with Gasteiger partial charge in [-0.3, -0.25) is 19.4 Å². The third-order valence-corrected chi connectivity index (χ3v) is 6.17. The average Bonchev–Trinajstić information content (AvgIpc) is 3.06. The predicted molar refractivity (Wildman–Crippen MR) is 132 cm³/mol. The Morgan fingerprint density at radius 2 is 1.59 bits per heavy atom. The van der Waals surface area contributed by atoms with Crippen LogP contribution in [0.5, 0.6) is 0 Å². The van der Waals surface area contributed by atoms with Gasteiger partial charge in [0.2, 0.25) is 0 Å². The van der Waals surface area contributed by atoms with E-state index >= 15 is 0 Å². The average molecular weight is 464 g/mol. The van der Waals surface area contributed by atoms with Crippen LogP contribution in [-0.2, 0) is 9.59 Å². The van der Waals surface area contributed by atoms with Gasteiger partial charge in [-0.25, -0.2) is 0 Å². The number of thiocarbonyl (C=S) groups is 1. The third kappa shape index (κ3) is 3.76. The van der Waals surface area contributed by atoms with Gasteiger partial charge in [-0.05, 0) is 87.1 Å². The largest absolute Gasteiger partial charge is 0.318 e. The van der Waals surface area contributed by atoms with Gasteiger partial charge in [-0.1, -0.05) is 29.8 Å². The molecule has 0 saturated carbocycles. The Morgan fingerprint density at radius 3 is 2.22 bits per heavy atom. The number of para-hydroxylation sites is 1. The maximum Gasteiger partial charge on any atom is 0.270 e. The molecule has 2 amide bonds. The number of carbonyl (C=O) groups excluding carboxylic acids is 2. The number of aryl methyl sites for hydroxylation is 1. The molecule has 7 heteroatoms. The molecule has 32 heavy (non-hydrogen) atoms. The summed E-state index contributed by atoms with van der Waals surface area (Å²) in [5, 5.41) is 0.716. The summed E-state index contributed by atoms with van der Waals surface area (Å²) in [6, 6.07) is 18.8. The van der Waals surface area contributed by atoms with Gasteiger partial charge >= 0.3 is 0 Å².